The van der Waals surface area contributed by atoms with E-state index in [4.69, 9.17) is 5.73 Å². The van der Waals surface area contributed by atoms with Gasteiger partial charge < -0.3 is 16.4 Å². The average Bonchev–Trinajstić information content (AvgIpc) is 2.72. The summed E-state index contributed by atoms with van der Waals surface area (Å²) in [5.74, 6) is -1.50. The van der Waals surface area contributed by atoms with Gasteiger partial charge in [-0.2, -0.15) is 0 Å². The highest BCUT2D eigenvalue weighted by atomic mass is 16.6. The Morgan fingerprint density at radius 1 is 0.967 bits per heavy atom. The number of nitro groups is 1. The van der Waals surface area contributed by atoms with Crippen LogP contribution in [0, 0.1) is 10.1 Å². The molecular formula is C21H24N4O5. The molecule has 2 atom stereocenters. The van der Waals surface area contributed by atoms with Gasteiger partial charge in [-0.1, -0.05) is 42.5 Å². The van der Waals surface area contributed by atoms with E-state index in [0.717, 1.165) is 5.56 Å². The maximum absolute atomic E-state index is 12.2. The monoisotopic (exact) mass is 412 g/mol. The van der Waals surface area contributed by atoms with Crippen LogP contribution in [0.15, 0.2) is 54.6 Å². The van der Waals surface area contributed by atoms with E-state index in [9.17, 15) is 24.5 Å². The topological polar surface area (TPSA) is 144 Å². The summed E-state index contributed by atoms with van der Waals surface area (Å²) >= 11 is 0. The molecule has 0 aliphatic heterocycles. The second-order valence-corrected chi connectivity index (χ2v) is 6.85. The summed E-state index contributed by atoms with van der Waals surface area (Å²) < 4.78 is 0. The molecule has 0 aliphatic carbocycles. The minimum atomic E-state index is -0.981. The summed E-state index contributed by atoms with van der Waals surface area (Å²) in [6, 6.07) is 13.9. The van der Waals surface area contributed by atoms with Gasteiger partial charge in [-0.3, -0.25) is 24.5 Å². The third kappa shape index (κ3) is 7.01. The molecule has 0 saturated carbocycles. The second-order valence-electron chi connectivity index (χ2n) is 6.85. The van der Waals surface area contributed by atoms with Crippen LogP contribution in [0.5, 0.6) is 0 Å². The highest BCUT2D eigenvalue weighted by molar-refractivity contribution is 5.88. The van der Waals surface area contributed by atoms with E-state index in [-0.39, 0.29) is 36.9 Å². The first kappa shape index (κ1) is 22.5. The fourth-order valence-corrected chi connectivity index (χ4v) is 2.84. The Morgan fingerprint density at radius 2 is 1.53 bits per heavy atom. The Balaban J connectivity index is 1.83. The highest BCUT2D eigenvalue weighted by Crippen LogP contribution is 2.14. The summed E-state index contributed by atoms with van der Waals surface area (Å²) in [5.41, 5.74) is 6.84. The van der Waals surface area contributed by atoms with Crippen LogP contribution in [-0.2, 0) is 20.8 Å². The van der Waals surface area contributed by atoms with E-state index < -0.39 is 22.8 Å². The molecule has 158 valence electrons. The molecule has 4 N–H and O–H groups in total. The highest BCUT2D eigenvalue weighted by Gasteiger charge is 2.20. The van der Waals surface area contributed by atoms with Crippen LogP contribution in [0.1, 0.15) is 36.9 Å². The lowest BCUT2D eigenvalue weighted by atomic mass is 10.0. The molecular weight excluding hydrogens is 388 g/mol. The molecule has 9 heteroatoms. The standard InChI is InChI=1S/C21H24N4O5/c1-14(16-5-3-2-4-6-16)23-19(26)11-12-20(27)24-18(21(22)28)13-15-7-9-17(10-8-15)25(29)30/h2-10,14,18H,11-13H2,1H3,(H2,22,28)(H,23,26)(H,24,27)/t14-,18-/m1/s1. The van der Waals surface area contributed by atoms with Gasteiger partial charge in [0.2, 0.25) is 17.7 Å². The lowest BCUT2D eigenvalue weighted by molar-refractivity contribution is -0.384. The molecule has 30 heavy (non-hydrogen) atoms. The molecule has 0 fully saturated rings. The van der Waals surface area contributed by atoms with Gasteiger partial charge in [-0.15, -0.1) is 0 Å². The molecule has 2 aromatic carbocycles. The number of nitro benzene ring substituents is 1. The van der Waals surface area contributed by atoms with E-state index in [2.05, 4.69) is 10.6 Å². The molecule has 0 aromatic heterocycles. The molecule has 3 amide bonds. The van der Waals surface area contributed by atoms with Crippen LogP contribution in [0.3, 0.4) is 0 Å². The summed E-state index contributed by atoms with van der Waals surface area (Å²) in [7, 11) is 0. The van der Waals surface area contributed by atoms with Crippen molar-refractivity contribution in [3.8, 4) is 0 Å². The van der Waals surface area contributed by atoms with Gasteiger partial charge in [0, 0.05) is 31.4 Å². The van der Waals surface area contributed by atoms with E-state index in [1.165, 1.54) is 24.3 Å². The molecule has 2 rings (SSSR count). The normalized spacial score (nSPS) is 12.4. The van der Waals surface area contributed by atoms with E-state index in [1.54, 1.807) is 0 Å². The van der Waals surface area contributed by atoms with Crippen LogP contribution in [0.4, 0.5) is 5.69 Å². The summed E-state index contributed by atoms with van der Waals surface area (Å²) in [5, 5.41) is 16.0. The molecule has 0 unspecified atom stereocenters. The van der Waals surface area contributed by atoms with E-state index in [0.29, 0.717) is 5.56 Å². The third-order valence-corrected chi connectivity index (χ3v) is 4.52. The Kier molecular flexibility index (Phi) is 8.04. The maximum atomic E-state index is 12.2. The van der Waals surface area contributed by atoms with Crippen molar-refractivity contribution < 1.29 is 19.3 Å². The first-order valence-electron chi connectivity index (χ1n) is 9.42. The van der Waals surface area contributed by atoms with Gasteiger partial charge >= 0.3 is 0 Å². The van der Waals surface area contributed by atoms with Crippen molar-refractivity contribution in [1.82, 2.24) is 10.6 Å². The summed E-state index contributed by atoms with van der Waals surface area (Å²) in [6.45, 7) is 1.85. The van der Waals surface area contributed by atoms with Gasteiger partial charge in [0.15, 0.2) is 0 Å². The summed E-state index contributed by atoms with van der Waals surface area (Å²) in [4.78, 5) is 46.1. The quantitative estimate of drug-likeness (QED) is 0.402. The smallest absolute Gasteiger partial charge is 0.269 e. The number of nitrogens with two attached hydrogens (primary N) is 1. The first-order valence-corrected chi connectivity index (χ1v) is 9.42. The number of primary amides is 1. The zero-order chi connectivity index (χ0) is 22.1. The van der Waals surface area contributed by atoms with Gasteiger partial charge in [-0.05, 0) is 18.1 Å². The first-order chi connectivity index (χ1) is 14.3. The van der Waals surface area contributed by atoms with Crippen LogP contribution >= 0.6 is 0 Å². The summed E-state index contributed by atoms with van der Waals surface area (Å²) in [6.07, 6.45) is -0.0420. The zero-order valence-electron chi connectivity index (χ0n) is 16.5. The third-order valence-electron chi connectivity index (χ3n) is 4.52. The van der Waals surface area contributed by atoms with Crippen molar-refractivity contribution in [2.75, 3.05) is 0 Å². The van der Waals surface area contributed by atoms with Crippen molar-refractivity contribution in [2.24, 2.45) is 5.73 Å². The number of nitrogens with one attached hydrogen (secondary N) is 2. The Labute approximate surface area is 173 Å². The number of carbonyl (C=O) groups is 3. The molecule has 0 aliphatic rings. The van der Waals surface area contributed by atoms with Gasteiger partial charge in [-0.25, -0.2) is 0 Å². The maximum Gasteiger partial charge on any atom is 0.269 e. The predicted octanol–water partition coefficient (Wildman–Crippen LogP) is 1.76. The zero-order valence-corrected chi connectivity index (χ0v) is 16.5. The molecule has 9 nitrogen and oxygen atoms in total. The van der Waals surface area contributed by atoms with Crippen molar-refractivity contribution in [3.63, 3.8) is 0 Å². The van der Waals surface area contributed by atoms with Crippen LogP contribution < -0.4 is 16.4 Å². The number of hydrogen-bond acceptors (Lipinski definition) is 5. The number of benzene rings is 2. The number of nitrogens with zero attached hydrogens (tertiary/aromatic N) is 1. The number of hydrogen-bond donors (Lipinski definition) is 3. The average molecular weight is 412 g/mol. The van der Waals surface area contributed by atoms with Gasteiger partial charge in [0.1, 0.15) is 6.04 Å². The largest absolute Gasteiger partial charge is 0.368 e. The van der Waals surface area contributed by atoms with Crippen molar-refractivity contribution in [1.29, 1.82) is 0 Å². The number of amides is 3. The SMILES string of the molecule is C[C@@H](NC(=O)CCC(=O)N[C@H](Cc1ccc([N+](=O)[O-])cc1)C(N)=O)c1ccccc1. The Bertz CT molecular complexity index is 899. The fourth-order valence-electron chi connectivity index (χ4n) is 2.84. The molecule has 0 radical (unpaired) electrons. The van der Waals surface area contributed by atoms with Crippen molar-refractivity contribution in [3.05, 3.63) is 75.8 Å². The lowest BCUT2D eigenvalue weighted by Gasteiger charge is -2.16. The minimum absolute atomic E-state index is 0.0357. The van der Waals surface area contributed by atoms with Gasteiger partial charge in [0.05, 0.1) is 11.0 Å². The van der Waals surface area contributed by atoms with E-state index in [1.807, 2.05) is 37.3 Å². The Morgan fingerprint density at radius 3 is 2.07 bits per heavy atom. The second kappa shape index (κ2) is 10.7. The lowest BCUT2D eigenvalue weighted by Crippen LogP contribution is -2.46. The number of carbonyl (C=O) groups excluding carboxylic acids is 3. The van der Waals surface area contributed by atoms with Crippen LogP contribution in [-0.4, -0.2) is 28.7 Å². The fraction of sp³-hybridized carbons (Fsp3) is 0.286. The molecule has 2 aromatic rings. The molecule has 0 spiro atoms. The molecule has 0 bridgehead atoms. The van der Waals surface area contributed by atoms with Crippen molar-refractivity contribution in [2.45, 2.75) is 38.3 Å². The predicted molar refractivity (Wildman–Crippen MR) is 110 cm³/mol. The number of non-ortho nitro benzene ring substituents is 1. The molecule has 0 saturated heterocycles. The van der Waals surface area contributed by atoms with Gasteiger partial charge in [0.25, 0.3) is 5.69 Å². The Hall–Kier alpha value is -3.75. The van der Waals surface area contributed by atoms with Crippen LogP contribution in [0.2, 0.25) is 0 Å². The van der Waals surface area contributed by atoms with Crippen LogP contribution in [0.25, 0.3) is 0 Å². The number of rotatable bonds is 10. The van der Waals surface area contributed by atoms with Crippen molar-refractivity contribution >= 4 is 23.4 Å². The molecule has 0 heterocycles. The van der Waals surface area contributed by atoms with E-state index >= 15 is 0 Å². The minimum Gasteiger partial charge on any atom is -0.368 e.